The lowest BCUT2D eigenvalue weighted by molar-refractivity contribution is 0.248. The van der Waals surface area contributed by atoms with E-state index in [1.54, 1.807) is 30.5 Å². The second kappa shape index (κ2) is 6.27. The Morgan fingerprint density at radius 2 is 2.08 bits per heavy atom. The van der Waals surface area contributed by atoms with Gasteiger partial charge in [0.25, 0.3) is 0 Å². The topological polar surface area (TPSA) is 93.1 Å². The fourth-order valence-electron chi connectivity index (χ4n) is 2.46. The molecule has 0 unspecified atom stereocenters. The Kier molecular flexibility index (Phi) is 4.31. The van der Waals surface area contributed by atoms with E-state index in [1.165, 1.54) is 10.7 Å². The molecule has 2 N–H and O–H groups in total. The monoisotopic (exact) mass is 348 g/mol. The molecule has 2 amide bonds. The molecule has 8 heteroatoms. The Bertz CT molecular complexity index is 856. The zero-order valence-electron chi connectivity index (χ0n) is 13.6. The zero-order valence-corrected chi connectivity index (χ0v) is 14.4. The maximum absolute atomic E-state index is 11.9. The molecule has 24 heavy (non-hydrogen) atoms. The van der Waals surface area contributed by atoms with Gasteiger partial charge in [-0.1, -0.05) is 6.07 Å². The minimum absolute atomic E-state index is 0.151. The minimum atomic E-state index is -3.28. The zero-order chi connectivity index (χ0) is 17.3. The normalized spacial score (nSPS) is 15.8. The fourth-order valence-corrected chi connectivity index (χ4v) is 3.12. The van der Waals surface area contributed by atoms with Gasteiger partial charge in [0, 0.05) is 24.6 Å². The van der Waals surface area contributed by atoms with Crippen LogP contribution in [0.1, 0.15) is 19.8 Å². The number of aromatic nitrogens is 2. The number of sulfone groups is 1. The van der Waals surface area contributed by atoms with Crippen molar-refractivity contribution in [2.24, 2.45) is 5.92 Å². The number of carbonyl (C=O) groups excluding carboxylic acids is 1. The Balaban J connectivity index is 1.70. The van der Waals surface area contributed by atoms with E-state index in [0.29, 0.717) is 17.4 Å². The Hall–Kier alpha value is -2.35. The maximum Gasteiger partial charge on any atom is 0.320 e. The van der Waals surface area contributed by atoms with Crippen molar-refractivity contribution < 1.29 is 13.2 Å². The number of hydrogen-bond donors (Lipinski definition) is 2. The highest BCUT2D eigenvalue weighted by Gasteiger charge is 2.28. The molecule has 0 radical (unpaired) electrons. The van der Waals surface area contributed by atoms with Gasteiger partial charge in [-0.2, -0.15) is 0 Å². The summed E-state index contributed by atoms with van der Waals surface area (Å²) in [6, 6.07) is 8.01. The number of nitrogens with zero attached hydrogens (tertiary/aromatic N) is 2. The number of carbonyl (C=O) groups is 1. The van der Waals surface area contributed by atoms with Gasteiger partial charge < -0.3 is 5.32 Å². The molecule has 2 aromatic rings. The van der Waals surface area contributed by atoms with E-state index in [2.05, 4.69) is 15.7 Å². The average Bonchev–Trinajstić information content (AvgIpc) is 3.27. The van der Waals surface area contributed by atoms with Gasteiger partial charge in [-0.3, -0.25) is 5.32 Å². The van der Waals surface area contributed by atoms with Crippen LogP contribution in [0.5, 0.6) is 0 Å². The second-order valence-electron chi connectivity index (χ2n) is 6.14. The molecule has 1 atom stereocenters. The SMILES string of the molecule is C[C@H](NC(=O)Nc1ccn(-c2cccc(S(C)(=O)=O)c2)n1)C1CC1. The lowest BCUT2D eigenvalue weighted by Crippen LogP contribution is -2.37. The third-order valence-corrected chi connectivity index (χ3v) is 5.14. The van der Waals surface area contributed by atoms with Gasteiger partial charge in [-0.15, -0.1) is 5.10 Å². The first-order valence-electron chi connectivity index (χ1n) is 7.76. The smallest absolute Gasteiger partial charge is 0.320 e. The molecule has 0 aliphatic heterocycles. The molecule has 1 heterocycles. The van der Waals surface area contributed by atoms with E-state index in [1.807, 2.05) is 6.92 Å². The molecule has 1 saturated carbocycles. The van der Waals surface area contributed by atoms with Crippen LogP contribution in [0.2, 0.25) is 0 Å². The molecule has 0 saturated heterocycles. The van der Waals surface area contributed by atoms with Crippen LogP contribution in [0.15, 0.2) is 41.4 Å². The van der Waals surface area contributed by atoms with E-state index in [9.17, 15) is 13.2 Å². The van der Waals surface area contributed by atoms with E-state index < -0.39 is 9.84 Å². The van der Waals surface area contributed by atoms with Gasteiger partial charge in [0.2, 0.25) is 0 Å². The molecule has 128 valence electrons. The quantitative estimate of drug-likeness (QED) is 0.866. The summed E-state index contributed by atoms with van der Waals surface area (Å²) < 4.78 is 24.8. The standard InChI is InChI=1S/C16H20N4O3S/c1-11(12-6-7-12)17-16(21)18-15-8-9-20(19-15)13-4-3-5-14(10-13)24(2,22)23/h3-5,8-12H,6-7H2,1-2H3,(H2,17,18,19,21)/t11-/m0/s1. The number of hydrogen-bond acceptors (Lipinski definition) is 4. The van der Waals surface area contributed by atoms with Crippen LogP contribution in [0.25, 0.3) is 5.69 Å². The Morgan fingerprint density at radius 3 is 2.75 bits per heavy atom. The summed E-state index contributed by atoms with van der Waals surface area (Å²) in [5.74, 6) is 0.979. The minimum Gasteiger partial charge on any atom is -0.335 e. The van der Waals surface area contributed by atoms with Crippen LogP contribution in [-0.4, -0.2) is 36.5 Å². The highest BCUT2D eigenvalue weighted by atomic mass is 32.2. The van der Waals surface area contributed by atoms with Gasteiger partial charge in [0.05, 0.1) is 10.6 Å². The summed E-state index contributed by atoms with van der Waals surface area (Å²) in [4.78, 5) is 12.2. The van der Waals surface area contributed by atoms with Crippen molar-refractivity contribution in [3.05, 3.63) is 36.5 Å². The molecule has 7 nitrogen and oxygen atoms in total. The lowest BCUT2D eigenvalue weighted by atomic mass is 10.2. The maximum atomic E-state index is 11.9. The van der Waals surface area contributed by atoms with Gasteiger partial charge in [-0.25, -0.2) is 17.9 Å². The number of nitrogens with one attached hydrogen (secondary N) is 2. The molecule has 1 fully saturated rings. The van der Waals surface area contributed by atoms with E-state index in [-0.39, 0.29) is 17.0 Å². The predicted octanol–water partition coefficient (Wildman–Crippen LogP) is 2.20. The first-order chi connectivity index (χ1) is 11.3. The Labute approximate surface area is 141 Å². The van der Waals surface area contributed by atoms with Crippen molar-refractivity contribution >= 4 is 21.7 Å². The molecule has 1 aliphatic carbocycles. The summed E-state index contributed by atoms with van der Waals surface area (Å²) in [5, 5.41) is 9.84. The summed E-state index contributed by atoms with van der Waals surface area (Å²) in [7, 11) is -3.28. The van der Waals surface area contributed by atoms with Crippen LogP contribution in [0, 0.1) is 5.92 Å². The number of urea groups is 1. The number of anilines is 1. The van der Waals surface area contributed by atoms with Crippen LogP contribution >= 0.6 is 0 Å². The number of rotatable bonds is 5. The van der Waals surface area contributed by atoms with Crippen LogP contribution in [-0.2, 0) is 9.84 Å². The van der Waals surface area contributed by atoms with Gasteiger partial charge in [0.15, 0.2) is 15.7 Å². The van der Waals surface area contributed by atoms with Crippen molar-refractivity contribution in [1.29, 1.82) is 0 Å². The first kappa shape index (κ1) is 16.5. The average molecular weight is 348 g/mol. The highest BCUT2D eigenvalue weighted by Crippen LogP contribution is 2.32. The molecule has 0 spiro atoms. The third-order valence-electron chi connectivity index (χ3n) is 4.03. The summed E-state index contributed by atoms with van der Waals surface area (Å²) in [6.45, 7) is 1.99. The van der Waals surface area contributed by atoms with Gasteiger partial charge >= 0.3 is 6.03 Å². The molecular formula is C16H20N4O3S. The highest BCUT2D eigenvalue weighted by molar-refractivity contribution is 7.90. The summed E-state index contributed by atoms with van der Waals surface area (Å²) >= 11 is 0. The van der Waals surface area contributed by atoms with Crippen molar-refractivity contribution in [1.82, 2.24) is 15.1 Å². The van der Waals surface area contributed by atoms with Crippen molar-refractivity contribution in [3.63, 3.8) is 0 Å². The molecular weight excluding hydrogens is 328 g/mol. The second-order valence-corrected chi connectivity index (χ2v) is 8.16. The van der Waals surface area contributed by atoms with Gasteiger partial charge in [0.1, 0.15) is 0 Å². The van der Waals surface area contributed by atoms with Gasteiger partial charge in [-0.05, 0) is 43.9 Å². The Morgan fingerprint density at radius 1 is 1.33 bits per heavy atom. The molecule has 1 aliphatic rings. The van der Waals surface area contributed by atoms with E-state index in [0.717, 1.165) is 19.1 Å². The lowest BCUT2D eigenvalue weighted by Gasteiger charge is -2.12. The number of amides is 2. The van der Waals surface area contributed by atoms with Crippen molar-refractivity contribution in [2.75, 3.05) is 11.6 Å². The van der Waals surface area contributed by atoms with Crippen LogP contribution < -0.4 is 10.6 Å². The number of benzene rings is 1. The van der Waals surface area contributed by atoms with Crippen LogP contribution in [0.4, 0.5) is 10.6 Å². The molecule has 1 aromatic heterocycles. The largest absolute Gasteiger partial charge is 0.335 e. The van der Waals surface area contributed by atoms with E-state index >= 15 is 0 Å². The summed E-state index contributed by atoms with van der Waals surface area (Å²) in [6.07, 6.45) is 5.15. The molecule has 0 bridgehead atoms. The van der Waals surface area contributed by atoms with Crippen molar-refractivity contribution in [3.8, 4) is 5.69 Å². The third kappa shape index (κ3) is 3.94. The van der Waals surface area contributed by atoms with Crippen molar-refractivity contribution in [2.45, 2.75) is 30.7 Å². The fraction of sp³-hybridized carbons (Fsp3) is 0.375. The van der Waals surface area contributed by atoms with Crippen LogP contribution in [0.3, 0.4) is 0 Å². The molecule has 3 rings (SSSR count). The predicted molar refractivity (Wildman–Crippen MR) is 91.0 cm³/mol. The van der Waals surface area contributed by atoms with E-state index in [4.69, 9.17) is 0 Å². The molecule has 1 aromatic carbocycles. The summed E-state index contributed by atoms with van der Waals surface area (Å²) in [5.41, 5.74) is 0.609. The first-order valence-corrected chi connectivity index (χ1v) is 9.66.